The van der Waals surface area contributed by atoms with Crippen LogP contribution in [0.5, 0.6) is 0 Å². The number of nitrogens with zero attached hydrogens (tertiary/aromatic N) is 5. The quantitative estimate of drug-likeness (QED) is 0.508. The Morgan fingerprint density at radius 1 is 1.19 bits per heavy atom. The van der Waals surface area contributed by atoms with Crippen LogP contribution >= 0.6 is 0 Å². The van der Waals surface area contributed by atoms with Gasteiger partial charge in [-0.2, -0.15) is 0 Å². The van der Waals surface area contributed by atoms with Gasteiger partial charge in [0.05, 0.1) is 23.0 Å². The highest BCUT2D eigenvalue weighted by atomic mass is 16.1. The van der Waals surface area contributed by atoms with Crippen molar-refractivity contribution in [3.63, 3.8) is 0 Å². The van der Waals surface area contributed by atoms with Crippen LogP contribution in [0.3, 0.4) is 0 Å². The van der Waals surface area contributed by atoms with Gasteiger partial charge in [0.2, 0.25) is 0 Å². The van der Waals surface area contributed by atoms with Gasteiger partial charge < -0.3 is 11.1 Å². The van der Waals surface area contributed by atoms with E-state index in [1.165, 1.54) is 5.56 Å². The second-order valence-electron chi connectivity index (χ2n) is 8.25. The topological polar surface area (TPSA) is 101 Å². The third-order valence-corrected chi connectivity index (χ3v) is 6.08. The number of hydrogen-bond donors (Lipinski definition) is 2. The number of primary amides is 1. The lowest BCUT2D eigenvalue weighted by Crippen LogP contribution is -2.36. The zero-order valence-electron chi connectivity index (χ0n) is 18.1. The largest absolute Gasteiger partial charge is 0.366 e. The highest BCUT2D eigenvalue weighted by molar-refractivity contribution is 5.99. The van der Waals surface area contributed by atoms with Gasteiger partial charge in [-0.3, -0.25) is 14.1 Å². The number of aromatic nitrogens is 4. The number of amides is 1. The second kappa shape index (κ2) is 8.05. The van der Waals surface area contributed by atoms with Gasteiger partial charge in [0.15, 0.2) is 11.6 Å². The molecule has 0 spiro atoms. The summed E-state index contributed by atoms with van der Waals surface area (Å²) >= 11 is 0. The molecule has 3 aromatic heterocycles. The Labute approximate surface area is 186 Å². The Bertz CT molecular complexity index is 1300. The molecule has 1 unspecified atom stereocenters. The average molecular weight is 428 g/mol. The van der Waals surface area contributed by atoms with Gasteiger partial charge in [0, 0.05) is 37.3 Å². The molecule has 8 heteroatoms. The molecule has 4 heterocycles. The van der Waals surface area contributed by atoms with E-state index in [0.29, 0.717) is 35.3 Å². The maximum atomic E-state index is 11.8. The minimum atomic E-state index is -0.490. The lowest BCUT2D eigenvalue weighted by Gasteiger charge is -2.32. The van der Waals surface area contributed by atoms with E-state index in [4.69, 9.17) is 15.7 Å². The van der Waals surface area contributed by atoms with Crippen molar-refractivity contribution in [2.75, 3.05) is 12.4 Å². The monoisotopic (exact) mass is 427 g/mol. The van der Waals surface area contributed by atoms with Crippen molar-refractivity contribution in [1.82, 2.24) is 24.3 Å². The molecule has 0 radical (unpaired) electrons. The first-order valence-electron chi connectivity index (χ1n) is 10.7. The Morgan fingerprint density at radius 2 is 2.00 bits per heavy atom. The molecule has 1 amide bonds. The maximum Gasteiger partial charge on any atom is 0.250 e. The molecule has 1 aliphatic heterocycles. The summed E-state index contributed by atoms with van der Waals surface area (Å²) in [6.45, 7) is 3.64. The zero-order chi connectivity index (χ0) is 22.2. The van der Waals surface area contributed by atoms with E-state index in [1.807, 2.05) is 28.8 Å². The number of anilines is 1. The highest BCUT2D eigenvalue weighted by Gasteiger charge is 2.26. The third-order valence-electron chi connectivity index (χ3n) is 6.08. The molecule has 0 fully saturated rings. The molecule has 0 bridgehead atoms. The van der Waals surface area contributed by atoms with Crippen molar-refractivity contribution in [3.05, 3.63) is 77.2 Å². The van der Waals surface area contributed by atoms with E-state index in [9.17, 15) is 4.79 Å². The fourth-order valence-electron chi connectivity index (χ4n) is 4.13. The Hall–Kier alpha value is -3.78. The Morgan fingerprint density at radius 3 is 2.78 bits per heavy atom. The van der Waals surface area contributed by atoms with E-state index in [0.717, 1.165) is 30.0 Å². The average Bonchev–Trinajstić information content (AvgIpc) is 3.23. The van der Waals surface area contributed by atoms with Gasteiger partial charge in [-0.25, -0.2) is 15.0 Å². The molecular formula is C24H25N7O. The van der Waals surface area contributed by atoms with Crippen LogP contribution in [0.4, 0.5) is 5.82 Å². The summed E-state index contributed by atoms with van der Waals surface area (Å²) < 4.78 is 1.82. The molecule has 1 aliphatic rings. The summed E-state index contributed by atoms with van der Waals surface area (Å²) in [5.74, 6) is 1.43. The van der Waals surface area contributed by atoms with E-state index >= 15 is 0 Å². The number of imidazole rings is 1. The van der Waals surface area contributed by atoms with Crippen molar-refractivity contribution < 1.29 is 4.79 Å². The molecule has 8 nitrogen and oxygen atoms in total. The van der Waals surface area contributed by atoms with Crippen molar-refractivity contribution >= 4 is 17.2 Å². The van der Waals surface area contributed by atoms with Crippen LogP contribution in [0.25, 0.3) is 17.2 Å². The second-order valence-corrected chi connectivity index (χ2v) is 8.25. The van der Waals surface area contributed by atoms with Crippen molar-refractivity contribution in [3.8, 4) is 11.6 Å². The molecule has 1 atom stereocenters. The van der Waals surface area contributed by atoms with Gasteiger partial charge in [0.25, 0.3) is 5.91 Å². The number of pyridine rings is 1. The van der Waals surface area contributed by atoms with Gasteiger partial charge >= 0.3 is 0 Å². The first kappa shape index (κ1) is 20.1. The number of nitrogens with two attached hydrogens (primary N) is 1. The predicted molar refractivity (Wildman–Crippen MR) is 123 cm³/mol. The molecule has 0 saturated heterocycles. The fraction of sp³-hybridized carbons (Fsp3) is 0.250. The number of rotatable bonds is 5. The minimum absolute atomic E-state index is 0.380. The summed E-state index contributed by atoms with van der Waals surface area (Å²) in [6.07, 6.45) is 4.32. The molecule has 4 aromatic rings. The van der Waals surface area contributed by atoms with Gasteiger partial charge in [0.1, 0.15) is 5.82 Å². The zero-order valence-corrected chi connectivity index (χ0v) is 18.1. The van der Waals surface area contributed by atoms with Crippen molar-refractivity contribution in [1.29, 1.82) is 0 Å². The van der Waals surface area contributed by atoms with Crippen LogP contribution in [0, 0.1) is 0 Å². The number of benzene rings is 1. The van der Waals surface area contributed by atoms with Gasteiger partial charge in [-0.15, -0.1) is 0 Å². The molecule has 3 N–H and O–H groups in total. The van der Waals surface area contributed by atoms with Gasteiger partial charge in [-0.1, -0.05) is 30.3 Å². The smallest absolute Gasteiger partial charge is 0.250 e. The maximum absolute atomic E-state index is 11.8. The normalized spacial score (nSPS) is 16.1. The summed E-state index contributed by atoms with van der Waals surface area (Å²) in [5, 5.41) is 3.52. The molecule has 0 aliphatic carbocycles. The minimum Gasteiger partial charge on any atom is -0.366 e. The molecule has 5 rings (SSSR count). The summed E-state index contributed by atoms with van der Waals surface area (Å²) in [7, 11) is 2.12. The van der Waals surface area contributed by atoms with Crippen molar-refractivity contribution in [2.24, 2.45) is 5.73 Å². The van der Waals surface area contributed by atoms with Crippen LogP contribution in [-0.4, -0.2) is 43.2 Å². The van der Waals surface area contributed by atoms with Crippen LogP contribution in [0.15, 0.2) is 54.9 Å². The van der Waals surface area contributed by atoms with Gasteiger partial charge in [-0.05, 0) is 31.7 Å². The molecule has 0 saturated carbocycles. The Balaban J connectivity index is 1.60. The van der Waals surface area contributed by atoms with Crippen LogP contribution < -0.4 is 11.1 Å². The van der Waals surface area contributed by atoms with Crippen LogP contribution in [-0.2, 0) is 19.5 Å². The SMILES string of the molecule is CC1Cc2nc(-c3ncc4c(C(N)=O)cccn34)nc(NCc3ccccc3)c2CN1C. The van der Waals surface area contributed by atoms with E-state index < -0.39 is 5.91 Å². The first-order valence-corrected chi connectivity index (χ1v) is 10.7. The highest BCUT2D eigenvalue weighted by Crippen LogP contribution is 2.29. The lowest BCUT2D eigenvalue weighted by molar-refractivity contribution is 0.100. The molecule has 162 valence electrons. The number of likely N-dealkylation sites (N-methyl/N-ethyl adjacent to an activating group) is 1. The molecule has 32 heavy (non-hydrogen) atoms. The summed E-state index contributed by atoms with van der Waals surface area (Å²) in [5.41, 5.74) is 9.92. The Kier molecular flexibility index (Phi) is 5.07. The standard InChI is InChI=1S/C24H25N7O/c1-15-11-19-18(14-30(15)2)22(26-12-16-7-4-3-5-8-16)29-23(28-19)24-27-13-20-17(21(25)32)9-6-10-31(20)24/h3-10,13,15H,11-12,14H2,1-2H3,(H2,25,32)(H,26,28,29). The summed E-state index contributed by atoms with van der Waals surface area (Å²) in [4.78, 5) is 28.5. The van der Waals surface area contributed by atoms with Crippen LogP contribution in [0.1, 0.15) is 34.1 Å². The molecular weight excluding hydrogens is 402 g/mol. The predicted octanol–water partition coefficient (Wildman–Crippen LogP) is 2.88. The number of fused-ring (bicyclic) bond motifs is 2. The number of carbonyl (C=O) groups excluding carboxylic acids is 1. The number of carbonyl (C=O) groups is 1. The number of nitrogens with one attached hydrogen (secondary N) is 1. The first-order chi connectivity index (χ1) is 15.5. The summed E-state index contributed by atoms with van der Waals surface area (Å²) in [6, 6.07) is 14.1. The number of hydrogen-bond acceptors (Lipinski definition) is 6. The fourth-order valence-corrected chi connectivity index (χ4v) is 4.13. The van der Waals surface area contributed by atoms with E-state index in [-0.39, 0.29) is 0 Å². The van der Waals surface area contributed by atoms with Crippen LogP contribution in [0.2, 0.25) is 0 Å². The van der Waals surface area contributed by atoms with E-state index in [2.05, 4.69) is 41.3 Å². The van der Waals surface area contributed by atoms with Crippen molar-refractivity contribution in [2.45, 2.75) is 32.5 Å². The third kappa shape index (κ3) is 3.58. The lowest BCUT2D eigenvalue weighted by atomic mass is 10.0. The van der Waals surface area contributed by atoms with E-state index in [1.54, 1.807) is 18.3 Å². The molecule has 1 aromatic carbocycles.